The minimum absolute atomic E-state index is 0. The summed E-state index contributed by atoms with van der Waals surface area (Å²) in [5.41, 5.74) is 0. The number of rotatable bonds is 0. The third-order valence-electron chi connectivity index (χ3n) is 1.36. The van der Waals surface area contributed by atoms with Crippen molar-refractivity contribution in [1.29, 1.82) is 0 Å². The standard InChI is InChI=1S/C5H8O5.H2O/c6-2-1-10-5(9)4(8)3(2)7;/h2-4,6-8H,1H2;1H2/t2-,3-,4+;/m0./s1. The Labute approximate surface area is 62.3 Å². The van der Waals surface area contributed by atoms with Crippen LogP contribution in [0.3, 0.4) is 0 Å². The molecule has 0 bridgehead atoms. The fourth-order valence-corrected chi connectivity index (χ4v) is 0.701. The number of ether oxygens (including phenoxy) is 1. The molecule has 0 amide bonds. The van der Waals surface area contributed by atoms with Gasteiger partial charge in [0, 0.05) is 0 Å². The molecule has 1 aliphatic rings. The summed E-state index contributed by atoms with van der Waals surface area (Å²) in [6.07, 6.45) is -4.20. The first-order valence-electron chi connectivity index (χ1n) is 2.84. The summed E-state index contributed by atoms with van der Waals surface area (Å²) in [5.74, 6) is -0.891. The fraction of sp³-hybridized carbons (Fsp3) is 0.800. The molecule has 0 unspecified atom stereocenters. The molecule has 1 rings (SSSR count). The van der Waals surface area contributed by atoms with Gasteiger partial charge in [0.1, 0.15) is 18.8 Å². The van der Waals surface area contributed by atoms with Crippen LogP contribution < -0.4 is 0 Å². The largest absolute Gasteiger partial charge is 0.461 e. The van der Waals surface area contributed by atoms with Crippen molar-refractivity contribution in [3.8, 4) is 0 Å². The van der Waals surface area contributed by atoms with Gasteiger partial charge in [-0.25, -0.2) is 4.79 Å². The molecule has 3 atom stereocenters. The molecule has 0 spiro atoms. The van der Waals surface area contributed by atoms with Gasteiger partial charge in [-0.2, -0.15) is 0 Å². The summed E-state index contributed by atoms with van der Waals surface area (Å²) in [7, 11) is 0. The normalized spacial score (nSPS) is 37.4. The quantitative estimate of drug-likeness (QED) is 0.327. The number of hydrogen-bond donors (Lipinski definition) is 3. The fourth-order valence-electron chi connectivity index (χ4n) is 0.701. The van der Waals surface area contributed by atoms with E-state index in [1.165, 1.54) is 0 Å². The third kappa shape index (κ3) is 1.87. The molecule has 6 heteroatoms. The van der Waals surface area contributed by atoms with E-state index in [-0.39, 0.29) is 12.1 Å². The van der Waals surface area contributed by atoms with Crippen LogP contribution in [0, 0.1) is 0 Å². The van der Waals surface area contributed by atoms with Crippen molar-refractivity contribution < 1.29 is 30.3 Å². The van der Waals surface area contributed by atoms with Crippen LogP contribution in [0.25, 0.3) is 0 Å². The van der Waals surface area contributed by atoms with Gasteiger partial charge in [0.15, 0.2) is 6.10 Å². The summed E-state index contributed by atoms with van der Waals surface area (Å²) in [4.78, 5) is 10.4. The highest BCUT2D eigenvalue weighted by Gasteiger charge is 2.36. The molecule has 6 nitrogen and oxygen atoms in total. The maximum atomic E-state index is 10.4. The van der Waals surface area contributed by atoms with Crippen LogP contribution in [0.5, 0.6) is 0 Å². The van der Waals surface area contributed by atoms with E-state index < -0.39 is 24.3 Å². The minimum Gasteiger partial charge on any atom is -0.461 e. The number of aliphatic hydroxyl groups excluding tert-OH is 3. The highest BCUT2D eigenvalue weighted by atomic mass is 16.6. The number of hydrogen-bond acceptors (Lipinski definition) is 5. The topological polar surface area (TPSA) is 118 Å². The van der Waals surface area contributed by atoms with Crippen LogP contribution in [0.2, 0.25) is 0 Å². The van der Waals surface area contributed by atoms with E-state index >= 15 is 0 Å². The molecule has 0 aromatic rings. The molecule has 0 aromatic heterocycles. The zero-order chi connectivity index (χ0) is 7.72. The predicted octanol–water partition coefficient (Wildman–Crippen LogP) is -3.20. The molecular formula is C5H10O6. The van der Waals surface area contributed by atoms with Crippen molar-refractivity contribution in [2.24, 2.45) is 0 Å². The first-order chi connectivity index (χ1) is 4.63. The molecule has 0 radical (unpaired) electrons. The van der Waals surface area contributed by atoms with E-state index in [2.05, 4.69) is 4.74 Å². The maximum Gasteiger partial charge on any atom is 0.337 e. The smallest absolute Gasteiger partial charge is 0.337 e. The van der Waals surface area contributed by atoms with Gasteiger partial charge >= 0.3 is 5.97 Å². The Kier molecular flexibility index (Phi) is 3.40. The molecular weight excluding hydrogens is 156 g/mol. The van der Waals surface area contributed by atoms with E-state index in [4.69, 9.17) is 15.3 Å². The second-order valence-electron chi connectivity index (χ2n) is 2.13. The Hall–Kier alpha value is -0.690. The number of cyclic esters (lactones) is 1. The van der Waals surface area contributed by atoms with Gasteiger partial charge in [-0.15, -0.1) is 0 Å². The van der Waals surface area contributed by atoms with Crippen molar-refractivity contribution in [3.63, 3.8) is 0 Å². The van der Waals surface area contributed by atoms with Crippen molar-refractivity contribution in [1.82, 2.24) is 0 Å². The lowest BCUT2D eigenvalue weighted by atomic mass is 10.1. The van der Waals surface area contributed by atoms with Gasteiger partial charge < -0.3 is 25.5 Å². The second-order valence-corrected chi connectivity index (χ2v) is 2.13. The Morgan fingerprint density at radius 2 is 1.91 bits per heavy atom. The van der Waals surface area contributed by atoms with E-state index in [1.807, 2.05) is 0 Å². The molecule has 1 fully saturated rings. The average molecular weight is 166 g/mol. The highest BCUT2D eigenvalue weighted by molar-refractivity contribution is 5.76. The molecule has 11 heavy (non-hydrogen) atoms. The summed E-state index contributed by atoms with van der Waals surface area (Å²) in [6, 6.07) is 0. The van der Waals surface area contributed by atoms with Gasteiger partial charge in [0.25, 0.3) is 0 Å². The predicted molar refractivity (Wildman–Crippen MR) is 32.6 cm³/mol. The lowest BCUT2D eigenvalue weighted by Gasteiger charge is -2.26. The number of carbonyl (C=O) groups excluding carboxylic acids is 1. The van der Waals surface area contributed by atoms with E-state index in [0.29, 0.717) is 0 Å². The third-order valence-corrected chi connectivity index (χ3v) is 1.36. The zero-order valence-electron chi connectivity index (χ0n) is 5.60. The van der Waals surface area contributed by atoms with Crippen molar-refractivity contribution in [2.75, 3.05) is 6.61 Å². The Morgan fingerprint density at radius 3 is 2.36 bits per heavy atom. The van der Waals surface area contributed by atoms with Crippen LogP contribution >= 0.6 is 0 Å². The van der Waals surface area contributed by atoms with E-state index in [1.54, 1.807) is 0 Å². The van der Waals surface area contributed by atoms with Gasteiger partial charge in [-0.05, 0) is 0 Å². The molecule has 1 saturated heterocycles. The van der Waals surface area contributed by atoms with Crippen LogP contribution in [0.4, 0.5) is 0 Å². The van der Waals surface area contributed by atoms with Crippen molar-refractivity contribution >= 4 is 5.97 Å². The minimum atomic E-state index is -1.61. The van der Waals surface area contributed by atoms with Gasteiger partial charge in [-0.1, -0.05) is 0 Å². The molecule has 0 aromatic carbocycles. The number of aliphatic hydroxyl groups is 3. The molecule has 0 aliphatic carbocycles. The number of esters is 1. The average Bonchev–Trinajstić information content (AvgIpc) is 1.93. The van der Waals surface area contributed by atoms with Crippen LogP contribution in [-0.2, 0) is 9.53 Å². The second kappa shape index (κ2) is 3.63. The Morgan fingerprint density at radius 1 is 1.36 bits per heavy atom. The van der Waals surface area contributed by atoms with Crippen LogP contribution in [0.15, 0.2) is 0 Å². The molecule has 0 saturated carbocycles. The summed E-state index contributed by atoms with van der Waals surface area (Å²) < 4.78 is 4.27. The maximum absolute atomic E-state index is 10.4. The first kappa shape index (κ1) is 10.3. The molecule has 1 heterocycles. The van der Waals surface area contributed by atoms with E-state index in [0.717, 1.165) is 0 Å². The number of carbonyl (C=O) groups is 1. The Bertz CT molecular complexity index is 146. The van der Waals surface area contributed by atoms with Gasteiger partial charge in [0.05, 0.1) is 0 Å². The van der Waals surface area contributed by atoms with Crippen molar-refractivity contribution in [2.45, 2.75) is 18.3 Å². The van der Waals surface area contributed by atoms with Gasteiger partial charge in [0.2, 0.25) is 0 Å². The van der Waals surface area contributed by atoms with E-state index in [9.17, 15) is 4.79 Å². The van der Waals surface area contributed by atoms with Gasteiger partial charge in [-0.3, -0.25) is 0 Å². The van der Waals surface area contributed by atoms with Crippen LogP contribution in [0.1, 0.15) is 0 Å². The summed E-state index contributed by atoms with van der Waals surface area (Å²) >= 11 is 0. The molecule has 66 valence electrons. The summed E-state index contributed by atoms with van der Waals surface area (Å²) in [5, 5.41) is 26.3. The zero-order valence-corrected chi connectivity index (χ0v) is 5.60. The molecule has 5 N–H and O–H groups in total. The monoisotopic (exact) mass is 166 g/mol. The highest BCUT2D eigenvalue weighted by Crippen LogP contribution is 2.08. The lowest BCUT2D eigenvalue weighted by Crippen LogP contribution is -2.50. The van der Waals surface area contributed by atoms with Crippen LogP contribution in [-0.4, -0.2) is 51.7 Å². The molecule has 1 aliphatic heterocycles. The first-order valence-corrected chi connectivity index (χ1v) is 2.84. The van der Waals surface area contributed by atoms with Crippen molar-refractivity contribution in [3.05, 3.63) is 0 Å². The Balaban J connectivity index is 0.000001000. The summed E-state index contributed by atoms with van der Waals surface area (Å²) in [6.45, 7) is -0.253. The lowest BCUT2D eigenvalue weighted by molar-refractivity contribution is -0.185. The SMILES string of the molecule is O.O=C1OC[C@H](O)[C@H](O)[C@H]1O.